The van der Waals surface area contributed by atoms with E-state index in [1.165, 1.54) is 0 Å². The van der Waals surface area contributed by atoms with Crippen molar-refractivity contribution in [2.75, 3.05) is 13.1 Å². The first-order valence-electron chi connectivity index (χ1n) is 9.39. The van der Waals surface area contributed by atoms with Crippen LogP contribution in [0, 0.1) is 5.92 Å². The van der Waals surface area contributed by atoms with Crippen LogP contribution in [0.15, 0.2) is 4.52 Å². The monoisotopic (exact) mass is 350 g/mol. The van der Waals surface area contributed by atoms with Gasteiger partial charge in [0.25, 0.3) is 0 Å². The van der Waals surface area contributed by atoms with Gasteiger partial charge in [-0.15, -0.1) is 0 Å². The molecule has 25 heavy (non-hydrogen) atoms. The lowest BCUT2D eigenvalue weighted by Crippen LogP contribution is -2.50. The maximum atomic E-state index is 12.4. The average Bonchev–Trinajstić information content (AvgIpc) is 3.02. The number of aryl methyl sites for hydroxylation is 2. The van der Waals surface area contributed by atoms with Gasteiger partial charge in [0.15, 0.2) is 5.82 Å². The van der Waals surface area contributed by atoms with E-state index in [-0.39, 0.29) is 23.8 Å². The van der Waals surface area contributed by atoms with Gasteiger partial charge in [-0.25, -0.2) is 0 Å². The number of amides is 2. The highest BCUT2D eigenvalue weighted by Gasteiger charge is 2.25. The molecule has 0 aliphatic carbocycles. The number of aromatic nitrogens is 2. The first-order valence-corrected chi connectivity index (χ1v) is 9.39. The zero-order valence-electron chi connectivity index (χ0n) is 15.6. The number of likely N-dealkylation sites (tertiary alicyclic amines) is 1. The molecule has 1 aromatic rings. The Morgan fingerprint density at radius 3 is 2.88 bits per heavy atom. The van der Waals surface area contributed by atoms with Crippen LogP contribution in [0.3, 0.4) is 0 Å². The van der Waals surface area contributed by atoms with Crippen LogP contribution < -0.4 is 5.32 Å². The minimum atomic E-state index is -0.0296. The molecule has 1 atom stereocenters. The van der Waals surface area contributed by atoms with Crippen LogP contribution in [-0.2, 0) is 22.4 Å². The maximum absolute atomic E-state index is 12.4. The summed E-state index contributed by atoms with van der Waals surface area (Å²) in [5, 5.41) is 6.96. The van der Waals surface area contributed by atoms with E-state index in [1.54, 1.807) is 0 Å². The summed E-state index contributed by atoms with van der Waals surface area (Å²) in [5.74, 6) is 1.51. The quantitative estimate of drug-likeness (QED) is 0.776. The van der Waals surface area contributed by atoms with Crippen molar-refractivity contribution in [3.05, 3.63) is 11.7 Å². The van der Waals surface area contributed by atoms with Crippen molar-refractivity contribution in [1.82, 2.24) is 20.4 Å². The van der Waals surface area contributed by atoms with E-state index in [0.29, 0.717) is 31.7 Å². The first kappa shape index (κ1) is 19.4. The summed E-state index contributed by atoms with van der Waals surface area (Å²) in [5.41, 5.74) is 0. The third-order valence-electron chi connectivity index (χ3n) is 4.41. The molecule has 1 saturated heterocycles. The summed E-state index contributed by atoms with van der Waals surface area (Å²) >= 11 is 0. The molecule has 0 spiro atoms. The Morgan fingerprint density at radius 2 is 2.16 bits per heavy atom. The lowest BCUT2D eigenvalue weighted by atomic mass is 10.0. The Hall–Kier alpha value is -1.92. The SMILES string of the molecule is CCCc1noc(CCCC(=O)N2CCCC(NC(=O)C(C)C)C2)n1. The standard InChI is InChI=1S/C18H30N4O3/c1-4-7-15-20-16(25-21-15)9-5-10-17(23)22-11-6-8-14(12-22)19-18(24)13(2)3/h13-14H,4-12H2,1-3H3,(H,19,24). The second-order valence-corrected chi connectivity index (χ2v) is 7.05. The normalized spacial score (nSPS) is 17.8. The molecule has 1 aliphatic heterocycles. The lowest BCUT2D eigenvalue weighted by Gasteiger charge is -2.33. The fraction of sp³-hybridized carbons (Fsp3) is 0.778. The molecule has 140 valence electrons. The zero-order valence-corrected chi connectivity index (χ0v) is 15.6. The fourth-order valence-corrected chi connectivity index (χ4v) is 2.96. The minimum Gasteiger partial charge on any atom is -0.351 e. The van der Waals surface area contributed by atoms with Crippen LogP contribution in [-0.4, -0.2) is 46.0 Å². The van der Waals surface area contributed by atoms with Crippen molar-refractivity contribution in [3.63, 3.8) is 0 Å². The Labute approximate surface area is 149 Å². The highest BCUT2D eigenvalue weighted by molar-refractivity contribution is 5.79. The third-order valence-corrected chi connectivity index (χ3v) is 4.41. The van der Waals surface area contributed by atoms with E-state index < -0.39 is 0 Å². The van der Waals surface area contributed by atoms with Crippen molar-refractivity contribution in [1.29, 1.82) is 0 Å². The fourth-order valence-electron chi connectivity index (χ4n) is 2.96. The van der Waals surface area contributed by atoms with E-state index in [1.807, 2.05) is 18.7 Å². The van der Waals surface area contributed by atoms with E-state index >= 15 is 0 Å². The van der Waals surface area contributed by atoms with Gasteiger partial charge in [-0.3, -0.25) is 9.59 Å². The maximum Gasteiger partial charge on any atom is 0.226 e. The molecule has 0 bridgehead atoms. The van der Waals surface area contributed by atoms with Crippen molar-refractivity contribution in [3.8, 4) is 0 Å². The Bertz CT molecular complexity index is 570. The van der Waals surface area contributed by atoms with Gasteiger partial charge in [-0.05, 0) is 25.7 Å². The second kappa shape index (κ2) is 9.53. The van der Waals surface area contributed by atoms with Crippen molar-refractivity contribution in [2.45, 2.75) is 71.8 Å². The van der Waals surface area contributed by atoms with Crippen LogP contribution in [0.4, 0.5) is 0 Å². The van der Waals surface area contributed by atoms with Gasteiger partial charge in [0.2, 0.25) is 17.7 Å². The van der Waals surface area contributed by atoms with Gasteiger partial charge in [0.05, 0.1) is 0 Å². The van der Waals surface area contributed by atoms with Gasteiger partial charge >= 0.3 is 0 Å². The predicted molar refractivity (Wildman–Crippen MR) is 93.8 cm³/mol. The van der Waals surface area contributed by atoms with Crippen LogP contribution >= 0.6 is 0 Å². The van der Waals surface area contributed by atoms with E-state index in [2.05, 4.69) is 22.4 Å². The smallest absolute Gasteiger partial charge is 0.226 e. The first-order chi connectivity index (χ1) is 12.0. The van der Waals surface area contributed by atoms with E-state index in [0.717, 1.165) is 38.1 Å². The Kier molecular flexibility index (Phi) is 7.40. The Morgan fingerprint density at radius 1 is 1.36 bits per heavy atom. The lowest BCUT2D eigenvalue weighted by molar-refractivity contribution is -0.134. The molecule has 1 fully saturated rings. The van der Waals surface area contributed by atoms with Gasteiger partial charge < -0.3 is 14.7 Å². The number of carbonyl (C=O) groups excluding carboxylic acids is 2. The van der Waals surface area contributed by atoms with Crippen molar-refractivity contribution < 1.29 is 14.1 Å². The zero-order chi connectivity index (χ0) is 18.2. The summed E-state index contributed by atoms with van der Waals surface area (Å²) < 4.78 is 5.19. The summed E-state index contributed by atoms with van der Waals surface area (Å²) in [6, 6.07) is 0.0696. The number of hydrogen-bond acceptors (Lipinski definition) is 5. The third kappa shape index (κ3) is 6.14. The molecular weight excluding hydrogens is 320 g/mol. The molecule has 7 heteroatoms. The van der Waals surface area contributed by atoms with Crippen LogP contribution in [0.2, 0.25) is 0 Å². The molecule has 0 aromatic carbocycles. The molecule has 1 aromatic heterocycles. The predicted octanol–water partition coefficient (Wildman–Crippen LogP) is 2.11. The number of hydrogen-bond donors (Lipinski definition) is 1. The minimum absolute atomic E-state index is 0.0296. The molecule has 1 unspecified atom stereocenters. The largest absolute Gasteiger partial charge is 0.351 e. The highest BCUT2D eigenvalue weighted by atomic mass is 16.5. The number of nitrogens with zero attached hydrogens (tertiary/aromatic N) is 3. The molecular formula is C18H30N4O3. The van der Waals surface area contributed by atoms with Crippen molar-refractivity contribution in [2.24, 2.45) is 5.92 Å². The number of carbonyl (C=O) groups is 2. The van der Waals surface area contributed by atoms with E-state index in [9.17, 15) is 9.59 Å². The van der Waals surface area contributed by atoms with Gasteiger partial charge in [-0.2, -0.15) is 4.98 Å². The number of piperidine rings is 1. The van der Waals surface area contributed by atoms with Gasteiger partial charge in [0, 0.05) is 44.3 Å². The average molecular weight is 350 g/mol. The number of rotatable bonds is 8. The topological polar surface area (TPSA) is 88.3 Å². The molecule has 0 radical (unpaired) electrons. The molecule has 7 nitrogen and oxygen atoms in total. The Balaban J connectivity index is 1.73. The molecule has 0 saturated carbocycles. The molecule has 2 rings (SSSR count). The van der Waals surface area contributed by atoms with Crippen LogP contribution in [0.25, 0.3) is 0 Å². The van der Waals surface area contributed by atoms with E-state index in [4.69, 9.17) is 4.52 Å². The summed E-state index contributed by atoms with van der Waals surface area (Å²) in [6.45, 7) is 7.21. The van der Waals surface area contributed by atoms with Gasteiger partial charge in [-0.1, -0.05) is 25.9 Å². The summed E-state index contributed by atoms with van der Waals surface area (Å²) in [4.78, 5) is 30.4. The number of nitrogens with one attached hydrogen (secondary N) is 1. The molecule has 2 heterocycles. The summed E-state index contributed by atoms with van der Waals surface area (Å²) in [6.07, 6.45) is 5.47. The van der Waals surface area contributed by atoms with Crippen molar-refractivity contribution >= 4 is 11.8 Å². The molecule has 1 N–H and O–H groups in total. The van der Waals surface area contributed by atoms with Gasteiger partial charge in [0.1, 0.15) is 0 Å². The van der Waals surface area contributed by atoms with Crippen LogP contribution in [0.5, 0.6) is 0 Å². The highest BCUT2D eigenvalue weighted by Crippen LogP contribution is 2.13. The summed E-state index contributed by atoms with van der Waals surface area (Å²) in [7, 11) is 0. The second-order valence-electron chi connectivity index (χ2n) is 7.05. The molecule has 1 aliphatic rings. The van der Waals surface area contributed by atoms with Crippen LogP contribution in [0.1, 0.15) is 64.6 Å². The molecule has 2 amide bonds.